The van der Waals surface area contributed by atoms with Crippen molar-refractivity contribution in [2.75, 3.05) is 0 Å². The molecular weight excluding hydrogens is 336 g/mol. The standard InChI is InChI=1S/C16H9ClN2O5/c17-9-4-5-12-11(6-9)13(20)8(7-24-12)2-1-3-10-14(21)18-16(23)19-15(10)22/h1-7H,(H2,18,19,21,22,23)/b2-1+. The molecule has 1 aliphatic rings. The molecule has 24 heavy (non-hydrogen) atoms. The van der Waals surface area contributed by atoms with Crippen LogP contribution in [0.1, 0.15) is 5.56 Å². The molecule has 1 aromatic heterocycles. The highest BCUT2D eigenvalue weighted by Crippen LogP contribution is 2.17. The van der Waals surface area contributed by atoms with Gasteiger partial charge in [-0.3, -0.25) is 25.0 Å². The quantitative estimate of drug-likeness (QED) is 0.637. The maximum Gasteiger partial charge on any atom is 0.328 e. The van der Waals surface area contributed by atoms with E-state index in [9.17, 15) is 19.2 Å². The summed E-state index contributed by atoms with van der Waals surface area (Å²) >= 11 is 5.87. The number of halogens is 1. The van der Waals surface area contributed by atoms with E-state index < -0.39 is 17.8 Å². The molecule has 7 nitrogen and oxygen atoms in total. The van der Waals surface area contributed by atoms with Crippen molar-refractivity contribution in [3.8, 4) is 0 Å². The number of benzene rings is 1. The second-order valence-corrected chi connectivity index (χ2v) is 5.27. The lowest BCUT2D eigenvalue weighted by Gasteiger charge is -2.12. The summed E-state index contributed by atoms with van der Waals surface area (Å²) in [4.78, 5) is 46.4. The minimum absolute atomic E-state index is 0.217. The van der Waals surface area contributed by atoms with Crippen molar-refractivity contribution >= 4 is 46.5 Å². The number of imide groups is 2. The van der Waals surface area contributed by atoms with Crippen molar-refractivity contribution in [1.82, 2.24) is 10.6 Å². The molecular formula is C16H9ClN2O5. The minimum Gasteiger partial charge on any atom is -0.463 e. The highest BCUT2D eigenvalue weighted by atomic mass is 35.5. The average Bonchev–Trinajstić information content (AvgIpc) is 2.52. The van der Waals surface area contributed by atoms with Crippen molar-refractivity contribution in [2.45, 2.75) is 0 Å². The fourth-order valence-corrected chi connectivity index (χ4v) is 2.28. The van der Waals surface area contributed by atoms with Crippen LogP contribution in [-0.4, -0.2) is 17.8 Å². The third-order valence-corrected chi connectivity index (χ3v) is 3.48. The highest BCUT2D eigenvalue weighted by Gasteiger charge is 2.26. The predicted molar refractivity (Wildman–Crippen MR) is 86.3 cm³/mol. The molecule has 1 aromatic carbocycles. The van der Waals surface area contributed by atoms with Crippen LogP contribution in [0.5, 0.6) is 0 Å². The molecule has 0 aliphatic carbocycles. The van der Waals surface area contributed by atoms with E-state index in [4.69, 9.17) is 16.0 Å². The van der Waals surface area contributed by atoms with Gasteiger partial charge in [-0.25, -0.2) is 4.79 Å². The Morgan fingerprint density at radius 2 is 1.75 bits per heavy atom. The maximum atomic E-state index is 12.3. The van der Waals surface area contributed by atoms with Crippen LogP contribution < -0.4 is 16.1 Å². The number of nitrogens with one attached hydrogen (secondary N) is 2. The van der Waals surface area contributed by atoms with Gasteiger partial charge in [-0.05, 0) is 30.4 Å². The highest BCUT2D eigenvalue weighted by molar-refractivity contribution is 6.31. The number of rotatable bonds is 2. The van der Waals surface area contributed by atoms with Crippen LogP contribution in [0.4, 0.5) is 4.79 Å². The zero-order valence-electron chi connectivity index (χ0n) is 12.0. The van der Waals surface area contributed by atoms with Crippen LogP contribution in [0.15, 0.2) is 51.4 Å². The summed E-state index contributed by atoms with van der Waals surface area (Å²) in [5.41, 5.74) is 0.0546. The topological polar surface area (TPSA) is 105 Å². The number of fused-ring (bicyclic) bond motifs is 1. The molecule has 0 bridgehead atoms. The van der Waals surface area contributed by atoms with E-state index in [1.54, 1.807) is 12.1 Å². The van der Waals surface area contributed by atoms with Gasteiger partial charge in [0.15, 0.2) is 5.43 Å². The van der Waals surface area contributed by atoms with E-state index in [0.29, 0.717) is 16.0 Å². The largest absolute Gasteiger partial charge is 0.463 e. The van der Waals surface area contributed by atoms with E-state index in [2.05, 4.69) is 0 Å². The first-order valence-corrected chi connectivity index (χ1v) is 7.09. The van der Waals surface area contributed by atoms with Gasteiger partial charge in [-0.15, -0.1) is 0 Å². The molecule has 1 fully saturated rings. The number of amides is 4. The Labute approximate surface area is 139 Å². The van der Waals surface area contributed by atoms with Crippen molar-refractivity contribution in [3.05, 3.63) is 63.0 Å². The van der Waals surface area contributed by atoms with Crippen molar-refractivity contribution in [1.29, 1.82) is 0 Å². The van der Waals surface area contributed by atoms with Crippen molar-refractivity contribution in [3.63, 3.8) is 0 Å². The van der Waals surface area contributed by atoms with Crippen LogP contribution in [0.25, 0.3) is 17.0 Å². The van der Waals surface area contributed by atoms with Gasteiger partial charge in [0.25, 0.3) is 11.8 Å². The summed E-state index contributed by atoms with van der Waals surface area (Å²) in [6.07, 6.45) is 5.18. The zero-order valence-corrected chi connectivity index (χ0v) is 12.7. The first kappa shape index (κ1) is 15.7. The Kier molecular flexibility index (Phi) is 4.01. The molecule has 1 aliphatic heterocycles. The zero-order chi connectivity index (χ0) is 17.3. The summed E-state index contributed by atoms with van der Waals surface area (Å²) in [5.74, 6) is -1.63. The molecule has 2 aromatic rings. The predicted octanol–water partition coefficient (Wildman–Crippen LogP) is 1.75. The number of barbiturate groups is 1. The Morgan fingerprint density at radius 3 is 2.46 bits per heavy atom. The van der Waals surface area contributed by atoms with Crippen LogP contribution >= 0.6 is 11.6 Å². The normalized spacial score (nSPS) is 14.9. The number of carbonyl (C=O) groups excluding carboxylic acids is 3. The molecule has 0 saturated carbocycles. The van der Waals surface area contributed by atoms with Gasteiger partial charge in [0, 0.05) is 5.02 Å². The van der Waals surface area contributed by atoms with Gasteiger partial charge in [0.05, 0.1) is 10.9 Å². The van der Waals surface area contributed by atoms with E-state index in [1.165, 1.54) is 30.6 Å². The van der Waals surface area contributed by atoms with E-state index >= 15 is 0 Å². The lowest BCUT2D eigenvalue weighted by atomic mass is 10.1. The van der Waals surface area contributed by atoms with Crippen LogP contribution in [0.2, 0.25) is 5.02 Å². The number of hydrogen-bond donors (Lipinski definition) is 2. The SMILES string of the molecule is O=C1NC(=O)C(=C/C=C/c2coc3ccc(Cl)cc3c2=O)C(=O)N1. The smallest absolute Gasteiger partial charge is 0.328 e. The van der Waals surface area contributed by atoms with Gasteiger partial charge >= 0.3 is 6.03 Å². The molecule has 0 unspecified atom stereocenters. The molecule has 0 spiro atoms. The van der Waals surface area contributed by atoms with Crippen molar-refractivity contribution < 1.29 is 18.8 Å². The Morgan fingerprint density at radius 1 is 1.04 bits per heavy atom. The molecule has 8 heteroatoms. The van der Waals surface area contributed by atoms with Gasteiger partial charge in [-0.1, -0.05) is 17.7 Å². The fraction of sp³-hybridized carbons (Fsp3) is 0. The lowest BCUT2D eigenvalue weighted by molar-refractivity contribution is -0.124. The monoisotopic (exact) mass is 344 g/mol. The van der Waals surface area contributed by atoms with Gasteiger partial charge in [0.1, 0.15) is 17.4 Å². The number of carbonyl (C=O) groups is 3. The van der Waals surface area contributed by atoms with Crippen LogP contribution in [0.3, 0.4) is 0 Å². The van der Waals surface area contributed by atoms with Gasteiger partial charge < -0.3 is 4.42 Å². The molecule has 2 heterocycles. The Bertz CT molecular complexity index is 981. The van der Waals surface area contributed by atoms with E-state index in [0.717, 1.165) is 0 Å². The number of hydrogen-bond acceptors (Lipinski definition) is 5. The number of urea groups is 1. The van der Waals surface area contributed by atoms with Gasteiger partial charge in [0.2, 0.25) is 0 Å². The molecule has 0 atom stereocenters. The summed E-state index contributed by atoms with van der Waals surface area (Å²) < 4.78 is 5.34. The molecule has 1 saturated heterocycles. The third-order valence-electron chi connectivity index (χ3n) is 3.24. The molecule has 2 N–H and O–H groups in total. The maximum absolute atomic E-state index is 12.3. The average molecular weight is 345 g/mol. The second-order valence-electron chi connectivity index (χ2n) is 4.84. The minimum atomic E-state index is -0.877. The third kappa shape index (κ3) is 2.97. The fourth-order valence-electron chi connectivity index (χ4n) is 2.11. The molecule has 3 rings (SSSR count). The second kappa shape index (κ2) is 6.13. The van der Waals surface area contributed by atoms with Crippen molar-refractivity contribution in [2.24, 2.45) is 0 Å². The molecule has 4 amide bonds. The van der Waals surface area contributed by atoms with Crippen LogP contribution in [0, 0.1) is 0 Å². The number of allylic oxidation sites excluding steroid dienone is 2. The van der Waals surface area contributed by atoms with Crippen LogP contribution in [-0.2, 0) is 9.59 Å². The first-order valence-electron chi connectivity index (χ1n) is 6.72. The summed E-state index contributed by atoms with van der Waals surface area (Å²) in [7, 11) is 0. The Hall–Kier alpha value is -3.19. The van der Waals surface area contributed by atoms with E-state index in [1.807, 2.05) is 10.6 Å². The summed E-state index contributed by atoms with van der Waals surface area (Å²) in [5, 5.41) is 4.60. The lowest BCUT2D eigenvalue weighted by Crippen LogP contribution is -2.51. The molecule has 120 valence electrons. The molecule has 0 radical (unpaired) electrons. The summed E-state index contributed by atoms with van der Waals surface area (Å²) in [6.45, 7) is 0. The van der Waals surface area contributed by atoms with Gasteiger partial charge in [-0.2, -0.15) is 0 Å². The first-order chi connectivity index (χ1) is 11.5. The Balaban J connectivity index is 1.94. The van der Waals surface area contributed by atoms with E-state index in [-0.39, 0.29) is 16.6 Å². The summed E-state index contributed by atoms with van der Waals surface area (Å²) in [6, 6.07) is 3.81.